The third-order valence-corrected chi connectivity index (χ3v) is 4.21. The van der Waals surface area contributed by atoms with E-state index in [0.29, 0.717) is 19.3 Å². The summed E-state index contributed by atoms with van der Waals surface area (Å²) in [5, 5.41) is 3.38. The summed E-state index contributed by atoms with van der Waals surface area (Å²) in [6.45, 7) is 4.55. The van der Waals surface area contributed by atoms with Gasteiger partial charge in [0.1, 0.15) is 17.4 Å². The summed E-state index contributed by atoms with van der Waals surface area (Å²) < 4.78 is 5.48. The molecule has 6 heteroatoms. The van der Waals surface area contributed by atoms with Crippen LogP contribution in [0.25, 0.3) is 0 Å². The number of hydrogen-bond acceptors (Lipinski definition) is 6. The van der Waals surface area contributed by atoms with Crippen molar-refractivity contribution in [2.24, 2.45) is 0 Å². The topological polar surface area (TPSA) is 90.1 Å². The standard InChI is InChI=1S/C20H28N4O2/c1-4-5-12-22-19-16(13-15-8-6-7-9-18(15)26-3)17(11-10-14(2)25)23-20(21)24-19/h6-9H,4-5,10-13H2,1-3H3,(H3,21,22,23,24). The van der Waals surface area contributed by atoms with Gasteiger partial charge < -0.3 is 20.6 Å². The second-order valence-corrected chi connectivity index (χ2v) is 6.33. The molecule has 0 atom stereocenters. The number of nitrogens with one attached hydrogen (secondary N) is 1. The lowest BCUT2D eigenvalue weighted by molar-refractivity contribution is -0.117. The Labute approximate surface area is 155 Å². The fourth-order valence-electron chi connectivity index (χ4n) is 2.81. The molecule has 140 valence electrons. The van der Waals surface area contributed by atoms with E-state index in [1.165, 1.54) is 0 Å². The molecule has 0 aliphatic heterocycles. The van der Waals surface area contributed by atoms with Crippen LogP contribution in [0.2, 0.25) is 0 Å². The van der Waals surface area contributed by atoms with Crippen LogP contribution in [0.3, 0.4) is 0 Å². The van der Waals surface area contributed by atoms with E-state index in [-0.39, 0.29) is 11.7 Å². The Balaban J connectivity index is 2.41. The van der Waals surface area contributed by atoms with E-state index in [1.807, 2.05) is 24.3 Å². The number of aromatic nitrogens is 2. The van der Waals surface area contributed by atoms with Crippen molar-refractivity contribution in [1.29, 1.82) is 0 Å². The number of anilines is 2. The van der Waals surface area contributed by atoms with Gasteiger partial charge >= 0.3 is 0 Å². The van der Waals surface area contributed by atoms with E-state index in [9.17, 15) is 4.79 Å². The normalized spacial score (nSPS) is 10.6. The van der Waals surface area contributed by atoms with Gasteiger partial charge in [-0.2, -0.15) is 4.98 Å². The molecule has 0 saturated carbocycles. The van der Waals surface area contributed by atoms with Gasteiger partial charge in [0.15, 0.2) is 0 Å². The van der Waals surface area contributed by atoms with Gasteiger partial charge in [-0.15, -0.1) is 0 Å². The molecule has 0 radical (unpaired) electrons. The molecule has 0 bridgehead atoms. The highest BCUT2D eigenvalue weighted by Gasteiger charge is 2.16. The fourth-order valence-corrected chi connectivity index (χ4v) is 2.81. The van der Waals surface area contributed by atoms with Crippen molar-refractivity contribution in [3.05, 3.63) is 41.1 Å². The lowest BCUT2D eigenvalue weighted by Gasteiger charge is -2.17. The highest BCUT2D eigenvalue weighted by atomic mass is 16.5. The summed E-state index contributed by atoms with van der Waals surface area (Å²) >= 11 is 0. The van der Waals surface area contributed by atoms with Gasteiger partial charge in [0.25, 0.3) is 0 Å². The van der Waals surface area contributed by atoms with Gasteiger partial charge in [-0.05, 0) is 31.4 Å². The molecule has 6 nitrogen and oxygen atoms in total. The van der Waals surface area contributed by atoms with Crippen LogP contribution >= 0.6 is 0 Å². The quantitative estimate of drug-likeness (QED) is 0.634. The zero-order valence-corrected chi connectivity index (χ0v) is 15.8. The van der Waals surface area contributed by atoms with Crippen molar-refractivity contribution < 1.29 is 9.53 Å². The first-order chi connectivity index (χ1) is 12.5. The number of nitrogen functional groups attached to an aromatic ring is 1. The predicted octanol–water partition coefficient (Wildman–Crippen LogP) is 3.39. The highest BCUT2D eigenvalue weighted by Crippen LogP contribution is 2.27. The molecule has 0 saturated heterocycles. The van der Waals surface area contributed by atoms with Gasteiger partial charge in [0.2, 0.25) is 5.95 Å². The molecule has 0 fully saturated rings. The third kappa shape index (κ3) is 5.44. The number of aryl methyl sites for hydroxylation is 1. The van der Waals surface area contributed by atoms with Crippen LogP contribution in [0.4, 0.5) is 11.8 Å². The summed E-state index contributed by atoms with van der Waals surface area (Å²) in [7, 11) is 1.66. The maximum Gasteiger partial charge on any atom is 0.222 e. The van der Waals surface area contributed by atoms with Gasteiger partial charge in [0.05, 0.1) is 12.8 Å². The lowest BCUT2D eigenvalue weighted by Crippen LogP contribution is -2.13. The molecule has 0 aliphatic rings. The first-order valence-corrected chi connectivity index (χ1v) is 9.05. The Kier molecular flexibility index (Phi) is 7.38. The number of nitrogens with zero attached hydrogens (tertiary/aromatic N) is 2. The van der Waals surface area contributed by atoms with Crippen molar-refractivity contribution in [2.45, 2.75) is 46.0 Å². The van der Waals surface area contributed by atoms with E-state index >= 15 is 0 Å². The molecular formula is C20H28N4O2. The minimum atomic E-state index is 0.130. The minimum absolute atomic E-state index is 0.130. The van der Waals surface area contributed by atoms with Gasteiger partial charge in [0, 0.05) is 24.9 Å². The Morgan fingerprint density at radius 2 is 2.04 bits per heavy atom. The lowest BCUT2D eigenvalue weighted by atomic mass is 10.00. The maximum atomic E-state index is 11.5. The Bertz CT molecular complexity index is 747. The number of para-hydroxylation sites is 1. The molecule has 0 amide bonds. The average Bonchev–Trinajstić information content (AvgIpc) is 2.62. The number of unbranched alkanes of at least 4 members (excludes halogenated alkanes) is 1. The first-order valence-electron chi connectivity index (χ1n) is 9.05. The number of Topliss-reactive ketones (excluding diaryl/α,β-unsaturated/α-hetero) is 1. The molecule has 2 rings (SSSR count). The van der Waals surface area contributed by atoms with E-state index in [2.05, 4.69) is 22.2 Å². The van der Waals surface area contributed by atoms with Crippen molar-refractivity contribution in [3.63, 3.8) is 0 Å². The number of ether oxygens (including phenoxy) is 1. The molecular weight excluding hydrogens is 328 g/mol. The molecule has 1 aromatic carbocycles. The molecule has 1 heterocycles. The van der Waals surface area contributed by atoms with Crippen molar-refractivity contribution in [2.75, 3.05) is 24.7 Å². The smallest absolute Gasteiger partial charge is 0.222 e. The number of carbonyl (C=O) groups is 1. The Hall–Kier alpha value is -2.63. The third-order valence-electron chi connectivity index (χ3n) is 4.21. The van der Waals surface area contributed by atoms with Crippen molar-refractivity contribution in [1.82, 2.24) is 9.97 Å². The molecule has 3 N–H and O–H groups in total. The van der Waals surface area contributed by atoms with Crippen molar-refractivity contribution in [3.8, 4) is 5.75 Å². The maximum absolute atomic E-state index is 11.5. The molecule has 1 aromatic heterocycles. The number of benzene rings is 1. The van der Waals surface area contributed by atoms with Gasteiger partial charge in [-0.25, -0.2) is 4.98 Å². The monoisotopic (exact) mass is 356 g/mol. The summed E-state index contributed by atoms with van der Waals surface area (Å²) in [6.07, 6.45) is 3.73. The number of hydrogen-bond donors (Lipinski definition) is 2. The first kappa shape index (κ1) is 19.7. The minimum Gasteiger partial charge on any atom is -0.496 e. The van der Waals surface area contributed by atoms with E-state index < -0.39 is 0 Å². The summed E-state index contributed by atoms with van der Waals surface area (Å²) in [5.74, 6) is 1.93. The molecule has 0 unspecified atom stereocenters. The number of ketones is 1. The number of methoxy groups -OCH3 is 1. The molecule has 0 aliphatic carbocycles. The van der Waals surface area contributed by atoms with Crippen LogP contribution in [-0.4, -0.2) is 29.4 Å². The summed E-state index contributed by atoms with van der Waals surface area (Å²) in [5.41, 5.74) is 8.75. The zero-order valence-electron chi connectivity index (χ0n) is 15.8. The van der Waals surface area contributed by atoms with E-state index in [1.54, 1.807) is 14.0 Å². The van der Waals surface area contributed by atoms with E-state index in [0.717, 1.165) is 47.8 Å². The largest absolute Gasteiger partial charge is 0.496 e. The SMILES string of the molecule is CCCCNc1nc(N)nc(CCC(C)=O)c1Cc1ccccc1OC. The summed E-state index contributed by atoms with van der Waals surface area (Å²) in [6, 6.07) is 7.89. The zero-order chi connectivity index (χ0) is 18.9. The number of nitrogens with two attached hydrogens (primary N) is 1. The predicted molar refractivity (Wildman–Crippen MR) is 105 cm³/mol. The van der Waals surface area contributed by atoms with Crippen LogP contribution in [-0.2, 0) is 17.6 Å². The second kappa shape index (κ2) is 9.75. The fraction of sp³-hybridized carbons (Fsp3) is 0.450. The summed E-state index contributed by atoms with van der Waals surface area (Å²) in [4.78, 5) is 20.3. The number of rotatable bonds is 10. The highest BCUT2D eigenvalue weighted by molar-refractivity contribution is 5.75. The Morgan fingerprint density at radius 3 is 2.73 bits per heavy atom. The average molecular weight is 356 g/mol. The van der Waals surface area contributed by atoms with Gasteiger partial charge in [-0.3, -0.25) is 0 Å². The van der Waals surface area contributed by atoms with Crippen LogP contribution < -0.4 is 15.8 Å². The molecule has 0 spiro atoms. The van der Waals surface area contributed by atoms with Crippen LogP contribution in [0, 0.1) is 0 Å². The van der Waals surface area contributed by atoms with Crippen LogP contribution in [0.15, 0.2) is 24.3 Å². The molecule has 26 heavy (non-hydrogen) atoms. The van der Waals surface area contributed by atoms with Gasteiger partial charge in [-0.1, -0.05) is 31.5 Å². The Morgan fingerprint density at radius 1 is 1.27 bits per heavy atom. The molecule has 2 aromatic rings. The second-order valence-electron chi connectivity index (χ2n) is 6.33. The van der Waals surface area contributed by atoms with Crippen LogP contribution in [0.1, 0.15) is 49.9 Å². The number of carbonyl (C=O) groups excluding carboxylic acids is 1. The van der Waals surface area contributed by atoms with Crippen molar-refractivity contribution >= 4 is 17.5 Å². The van der Waals surface area contributed by atoms with Crippen LogP contribution in [0.5, 0.6) is 5.75 Å². The van der Waals surface area contributed by atoms with E-state index in [4.69, 9.17) is 10.5 Å².